The van der Waals surface area contributed by atoms with E-state index in [1.807, 2.05) is 20.8 Å². The third kappa shape index (κ3) is 3.06. The van der Waals surface area contributed by atoms with Crippen LogP contribution in [-0.4, -0.2) is 13.9 Å². The molecule has 2 rings (SSSR count). The van der Waals surface area contributed by atoms with E-state index in [0.717, 1.165) is 19.3 Å². The van der Waals surface area contributed by atoms with Crippen molar-refractivity contribution in [3.8, 4) is 0 Å². The topological polar surface area (TPSA) is 42.0 Å². The van der Waals surface area contributed by atoms with E-state index < -0.39 is 16.5 Å². The Morgan fingerprint density at radius 3 is 2.53 bits per heavy atom. The molecule has 1 atom stereocenters. The van der Waals surface area contributed by atoms with Crippen molar-refractivity contribution in [2.75, 3.05) is 0 Å². The van der Waals surface area contributed by atoms with Crippen LogP contribution in [0.25, 0.3) is 0 Å². The van der Waals surface area contributed by atoms with E-state index in [9.17, 15) is 8.60 Å². The Morgan fingerprint density at radius 2 is 2.11 bits per heavy atom. The first-order chi connectivity index (χ1) is 8.74. The normalized spacial score (nSPS) is 19.8. The molecule has 0 bridgehead atoms. The summed E-state index contributed by atoms with van der Waals surface area (Å²) in [4.78, 5) is 4.19. The van der Waals surface area contributed by atoms with Crippen LogP contribution in [0.5, 0.6) is 0 Å². The van der Waals surface area contributed by atoms with E-state index in [1.54, 1.807) is 6.20 Å². The van der Waals surface area contributed by atoms with E-state index in [0.29, 0.717) is 10.2 Å². The number of rotatable bonds is 3. The molecule has 1 aromatic heterocycles. The summed E-state index contributed by atoms with van der Waals surface area (Å²) in [6.45, 7) is 5.69. The maximum atomic E-state index is 14.1. The highest BCUT2D eigenvalue weighted by Crippen LogP contribution is 2.42. The minimum atomic E-state index is -1.24. The molecular formula is C13H18BrFN2OS. The van der Waals surface area contributed by atoms with E-state index in [4.69, 9.17) is 0 Å². The van der Waals surface area contributed by atoms with Gasteiger partial charge in [0.05, 0.1) is 27.0 Å². The van der Waals surface area contributed by atoms with Gasteiger partial charge < -0.3 is 0 Å². The van der Waals surface area contributed by atoms with Gasteiger partial charge in [0.1, 0.15) is 5.82 Å². The van der Waals surface area contributed by atoms with Crippen molar-refractivity contribution >= 4 is 26.9 Å². The van der Waals surface area contributed by atoms with E-state index in [1.165, 1.54) is 6.07 Å². The molecule has 0 amide bonds. The second-order valence-electron chi connectivity index (χ2n) is 5.90. The Kier molecular flexibility index (Phi) is 4.14. The highest BCUT2D eigenvalue weighted by Gasteiger charge is 2.44. The van der Waals surface area contributed by atoms with E-state index in [-0.39, 0.29) is 10.6 Å². The summed E-state index contributed by atoms with van der Waals surface area (Å²) in [6, 6.07) is 1.41. The molecule has 106 valence electrons. The SMILES string of the molecule is CC(C)(C)[S@](=O)NC1(c2ncc(Br)cc2F)CCC1. The fourth-order valence-corrected chi connectivity index (χ4v) is 3.28. The average molecular weight is 349 g/mol. The van der Waals surface area contributed by atoms with Gasteiger partial charge in [0.15, 0.2) is 0 Å². The summed E-state index contributed by atoms with van der Waals surface area (Å²) in [5, 5.41) is 0. The molecule has 1 aliphatic rings. The summed E-state index contributed by atoms with van der Waals surface area (Å²) < 4.78 is 29.7. The summed E-state index contributed by atoms with van der Waals surface area (Å²) in [5.74, 6) is -0.354. The Labute approximate surface area is 124 Å². The van der Waals surface area contributed by atoms with Crippen LogP contribution < -0.4 is 4.72 Å². The molecule has 1 N–H and O–H groups in total. The van der Waals surface area contributed by atoms with Crippen molar-refractivity contribution in [1.82, 2.24) is 9.71 Å². The highest BCUT2D eigenvalue weighted by molar-refractivity contribution is 9.10. The van der Waals surface area contributed by atoms with Gasteiger partial charge in [-0.25, -0.2) is 13.3 Å². The molecule has 0 aromatic carbocycles. The molecule has 1 aromatic rings. The van der Waals surface area contributed by atoms with Crippen LogP contribution in [-0.2, 0) is 16.5 Å². The summed E-state index contributed by atoms with van der Waals surface area (Å²) in [6.07, 6.45) is 4.10. The van der Waals surface area contributed by atoms with Gasteiger partial charge in [0.25, 0.3) is 0 Å². The van der Waals surface area contributed by atoms with Crippen LogP contribution in [0.3, 0.4) is 0 Å². The first kappa shape index (κ1) is 15.1. The van der Waals surface area contributed by atoms with Gasteiger partial charge in [-0.1, -0.05) is 0 Å². The van der Waals surface area contributed by atoms with Crippen LogP contribution in [0.4, 0.5) is 4.39 Å². The fourth-order valence-electron chi connectivity index (χ4n) is 2.01. The predicted molar refractivity (Wildman–Crippen MR) is 78.5 cm³/mol. The molecule has 1 aliphatic carbocycles. The fraction of sp³-hybridized carbons (Fsp3) is 0.615. The van der Waals surface area contributed by atoms with E-state index >= 15 is 0 Å². The van der Waals surface area contributed by atoms with Gasteiger partial charge in [0.2, 0.25) is 0 Å². The number of halogens is 2. The Morgan fingerprint density at radius 1 is 1.47 bits per heavy atom. The zero-order chi connectivity index (χ0) is 14.3. The molecule has 0 saturated heterocycles. The van der Waals surface area contributed by atoms with Crippen molar-refractivity contribution in [2.24, 2.45) is 0 Å². The summed E-state index contributed by atoms with van der Waals surface area (Å²) in [7, 11) is -1.24. The molecule has 1 fully saturated rings. The first-order valence-electron chi connectivity index (χ1n) is 6.26. The largest absolute Gasteiger partial charge is 0.255 e. The van der Waals surface area contributed by atoms with Gasteiger partial charge in [0, 0.05) is 10.7 Å². The lowest BCUT2D eigenvalue weighted by Crippen LogP contribution is -2.53. The monoisotopic (exact) mass is 348 g/mol. The van der Waals surface area contributed by atoms with Gasteiger partial charge >= 0.3 is 0 Å². The molecule has 1 saturated carbocycles. The lowest BCUT2D eigenvalue weighted by atomic mass is 9.75. The standard InChI is InChI=1S/C13H18BrFN2OS/c1-12(2,3)19(18)17-13(5-4-6-13)11-10(15)7-9(14)8-16-11/h7-8,17H,4-6H2,1-3H3/t19-/m0/s1. The third-order valence-electron chi connectivity index (χ3n) is 3.31. The number of hydrogen-bond donors (Lipinski definition) is 1. The van der Waals surface area contributed by atoms with Gasteiger partial charge in [-0.3, -0.25) is 4.98 Å². The smallest absolute Gasteiger partial charge is 0.147 e. The van der Waals surface area contributed by atoms with Crippen molar-refractivity contribution in [2.45, 2.75) is 50.3 Å². The highest BCUT2D eigenvalue weighted by atomic mass is 79.9. The van der Waals surface area contributed by atoms with Crippen molar-refractivity contribution in [1.29, 1.82) is 0 Å². The number of aromatic nitrogens is 1. The molecule has 0 spiro atoms. The number of nitrogens with zero attached hydrogens (tertiary/aromatic N) is 1. The minimum absolute atomic E-state index is 0.354. The summed E-state index contributed by atoms with van der Waals surface area (Å²) >= 11 is 3.20. The molecule has 19 heavy (non-hydrogen) atoms. The first-order valence-corrected chi connectivity index (χ1v) is 8.20. The second-order valence-corrected chi connectivity index (χ2v) is 8.78. The van der Waals surface area contributed by atoms with Crippen LogP contribution in [0.2, 0.25) is 0 Å². The second kappa shape index (κ2) is 5.22. The number of hydrogen-bond acceptors (Lipinski definition) is 2. The number of nitrogens with one attached hydrogen (secondary N) is 1. The van der Waals surface area contributed by atoms with Crippen LogP contribution in [0.15, 0.2) is 16.7 Å². The van der Waals surface area contributed by atoms with Crippen LogP contribution in [0.1, 0.15) is 45.7 Å². The predicted octanol–water partition coefficient (Wildman–Crippen LogP) is 3.41. The quantitative estimate of drug-likeness (QED) is 0.909. The Hall–Kier alpha value is -0.330. The molecule has 0 radical (unpaired) electrons. The van der Waals surface area contributed by atoms with Crippen LogP contribution >= 0.6 is 15.9 Å². The molecular weight excluding hydrogens is 331 g/mol. The van der Waals surface area contributed by atoms with Crippen molar-refractivity contribution in [3.63, 3.8) is 0 Å². The van der Waals surface area contributed by atoms with Crippen molar-refractivity contribution in [3.05, 3.63) is 28.2 Å². The van der Waals surface area contributed by atoms with Gasteiger partial charge in [-0.2, -0.15) is 0 Å². The molecule has 0 aliphatic heterocycles. The minimum Gasteiger partial charge on any atom is -0.255 e. The Bertz CT molecular complexity index is 512. The average Bonchev–Trinajstić information content (AvgIpc) is 2.22. The molecule has 6 heteroatoms. The van der Waals surface area contributed by atoms with E-state index in [2.05, 4.69) is 25.6 Å². The van der Waals surface area contributed by atoms with Gasteiger partial charge in [-0.15, -0.1) is 0 Å². The lowest BCUT2D eigenvalue weighted by molar-refractivity contribution is 0.211. The Balaban J connectivity index is 2.30. The third-order valence-corrected chi connectivity index (χ3v) is 5.43. The zero-order valence-corrected chi connectivity index (χ0v) is 13.7. The zero-order valence-electron chi connectivity index (χ0n) is 11.3. The maximum Gasteiger partial charge on any atom is 0.147 e. The lowest BCUT2D eigenvalue weighted by Gasteiger charge is -2.43. The van der Waals surface area contributed by atoms with Crippen LogP contribution in [0, 0.1) is 5.82 Å². The molecule has 1 heterocycles. The molecule has 3 nitrogen and oxygen atoms in total. The van der Waals surface area contributed by atoms with Crippen molar-refractivity contribution < 1.29 is 8.60 Å². The van der Waals surface area contributed by atoms with Gasteiger partial charge in [-0.05, 0) is 62.0 Å². The maximum absolute atomic E-state index is 14.1. The number of pyridine rings is 1. The summed E-state index contributed by atoms with van der Waals surface area (Å²) in [5.41, 5.74) is -0.206. The molecule has 0 unspecified atom stereocenters.